The van der Waals surface area contributed by atoms with E-state index in [1.165, 1.54) is 7.11 Å². The van der Waals surface area contributed by atoms with Crippen molar-refractivity contribution >= 4 is 5.97 Å². The highest BCUT2D eigenvalue weighted by molar-refractivity contribution is 5.89. The van der Waals surface area contributed by atoms with Crippen LogP contribution in [0.25, 0.3) is 0 Å². The predicted molar refractivity (Wildman–Crippen MR) is 70.8 cm³/mol. The van der Waals surface area contributed by atoms with E-state index in [4.69, 9.17) is 10.5 Å². The Labute approximate surface area is 108 Å². The number of ether oxygens (including phenoxy) is 2. The monoisotopic (exact) mass is 251 g/mol. The van der Waals surface area contributed by atoms with Crippen molar-refractivity contribution in [1.82, 2.24) is 0 Å². The van der Waals surface area contributed by atoms with Crippen LogP contribution in [0.15, 0.2) is 24.3 Å². The third kappa shape index (κ3) is 5.19. The van der Waals surface area contributed by atoms with Crippen LogP contribution in [0.5, 0.6) is 5.75 Å². The summed E-state index contributed by atoms with van der Waals surface area (Å²) in [5.41, 5.74) is 5.95. The van der Waals surface area contributed by atoms with Gasteiger partial charge in [-0.2, -0.15) is 0 Å². The number of methoxy groups -OCH3 is 1. The topological polar surface area (TPSA) is 61.5 Å². The highest BCUT2D eigenvalue weighted by Crippen LogP contribution is 2.13. The van der Waals surface area contributed by atoms with E-state index in [0.717, 1.165) is 38.0 Å². The molecule has 0 saturated heterocycles. The fraction of sp³-hybridized carbons (Fsp3) is 0.500. The maximum absolute atomic E-state index is 11.2. The molecule has 0 amide bonds. The quantitative estimate of drug-likeness (QED) is 0.569. The van der Waals surface area contributed by atoms with E-state index in [1.807, 2.05) is 0 Å². The molecule has 100 valence electrons. The standard InChI is InChI=1S/C14H21NO3/c1-17-14(16)12-6-8-13(9-7-12)18-11-5-3-2-4-10-15/h6-9H,2-5,10-11,15H2,1H3. The molecule has 2 N–H and O–H groups in total. The average molecular weight is 251 g/mol. The first-order valence-electron chi connectivity index (χ1n) is 6.29. The van der Waals surface area contributed by atoms with E-state index < -0.39 is 0 Å². The molecule has 0 spiro atoms. The number of hydrogen-bond acceptors (Lipinski definition) is 4. The molecule has 1 aromatic rings. The molecule has 0 aliphatic rings. The van der Waals surface area contributed by atoms with Gasteiger partial charge in [-0.1, -0.05) is 12.8 Å². The fourth-order valence-corrected chi connectivity index (χ4v) is 1.60. The van der Waals surface area contributed by atoms with Crippen LogP contribution >= 0.6 is 0 Å². The second-order valence-electron chi connectivity index (χ2n) is 4.07. The number of esters is 1. The Balaban J connectivity index is 2.25. The van der Waals surface area contributed by atoms with Crippen molar-refractivity contribution in [2.45, 2.75) is 25.7 Å². The minimum atomic E-state index is -0.330. The second-order valence-corrected chi connectivity index (χ2v) is 4.07. The highest BCUT2D eigenvalue weighted by Gasteiger charge is 2.04. The minimum absolute atomic E-state index is 0.330. The van der Waals surface area contributed by atoms with Crippen molar-refractivity contribution in [2.24, 2.45) is 5.73 Å². The summed E-state index contributed by atoms with van der Waals surface area (Å²) in [6.45, 7) is 1.46. The van der Waals surface area contributed by atoms with Gasteiger partial charge >= 0.3 is 5.97 Å². The zero-order valence-corrected chi connectivity index (χ0v) is 10.9. The molecule has 4 heteroatoms. The molecule has 0 unspecified atom stereocenters. The molecule has 0 aliphatic carbocycles. The summed E-state index contributed by atoms with van der Waals surface area (Å²) in [5.74, 6) is 0.449. The Morgan fingerprint density at radius 2 is 1.78 bits per heavy atom. The molecule has 18 heavy (non-hydrogen) atoms. The van der Waals surface area contributed by atoms with Crippen molar-refractivity contribution in [3.63, 3.8) is 0 Å². The second kappa shape index (κ2) is 8.53. The van der Waals surface area contributed by atoms with E-state index in [9.17, 15) is 4.79 Å². The zero-order chi connectivity index (χ0) is 13.2. The lowest BCUT2D eigenvalue weighted by Crippen LogP contribution is -2.02. The fourth-order valence-electron chi connectivity index (χ4n) is 1.60. The van der Waals surface area contributed by atoms with Gasteiger partial charge in [0.2, 0.25) is 0 Å². The molecule has 0 bridgehead atoms. The Hall–Kier alpha value is -1.55. The zero-order valence-electron chi connectivity index (χ0n) is 10.9. The lowest BCUT2D eigenvalue weighted by atomic mass is 10.2. The smallest absolute Gasteiger partial charge is 0.337 e. The van der Waals surface area contributed by atoms with Crippen molar-refractivity contribution < 1.29 is 14.3 Å². The number of carbonyl (C=O) groups is 1. The molecule has 1 aromatic carbocycles. The van der Waals surface area contributed by atoms with E-state index in [1.54, 1.807) is 24.3 Å². The average Bonchev–Trinajstić information content (AvgIpc) is 2.42. The summed E-state index contributed by atoms with van der Waals surface area (Å²) in [5, 5.41) is 0. The van der Waals surface area contributed by atoms with Gasteiger partial charge in [-0.25, -0.2) is 4.79 Å². The molecular weight excluding hydrogens is 230 g/mol. The Bertz CT molecular complexity index is 349. The van der Waals surface area contributed by atoms with Gasteiger partial charge in [0, 0.05) is 0 Å². The maximum Gasteiger partial charge on any atom is 0.337 e. The normalized spacial score (nSPS) is 10.1. The van der Waals surface area contributed by atoms with E-state index in [-0.39, 0.29) is 5.97 Å². The number of hydrogen-bond donors (Lipinski definition) is 1. The van der Waals surface area contributed by atoms with Crippen LogP contribution in [0.2, 0.25) is 0 Å². The molecule has 1 rings (SSSR count). The summed E-state index contributed by atoms with van der Waals surface area (Å²) in [7, 11) is 1.37. The minimum Gasteiger partial charge on any atom is -0.494 e. The summed E-state index contributed by atoms with van der Waals surface area (Å²) in [4.78, 5) is 11.2. The lowest BCUT2D eigenvalue weighted by Gasteiger charge is -2.06. The van der Waals surface area contributed by atoms with Gasteiger partial charge in [0.1, 0.15) is 5.75 Å². The molecule has 0 atom stereocenters. The van der Waals surface area contributed by atoms with Crippen LogP contribution in [0.1, 0.15) is 36.0 Å². The Kier molecular flexibility index (Phi) is 6.87. The van der Waals surface area contributed by atoms with Gasteiger partial charge in [0.05, 0.1) is 19.3 Å². The van der Waals surface area contributed by atoms with Crippen LogP contribution in [0, 0.1) is 0 Å². The first-order valence-corrected chi connectivity index (χ1v) is 6.29. The van der Waals surface area contributed by atoms with Crippen molar-refractivity contribution in [3.05, 3.63) is 29.8 Å². The van der Waals surface area contributed by atoms with Crippen LogP contribution in [-0.4, -0.2) is 26.2 Å². The number of benzene rings is 1. The van der Waals surface area contributed by atoms with E-state index in [0.29, 0.717) is 12.2 Å². The summed E-state index contributed by atoms with van der Waals surface area (Å²) in [6, 6.07) is 6.98. The number of nitrogens with two attached hydrogens (primary N) is 1. The van der Waals surface area contributed by atoms with Gasteiger partial charge in [-0.15, -0.1) is 0 Å². The van der Waals surface area contributed by atoms with Crippen molar-refractivity contribution in [3.8, 4) is 5.75 Å². The molecule has 0 fully saturated rings. The number of carbonyl (C=O) groups excluding carboxylic acids is 1. The number of rotatable bonds is 8. The van der Waals surface area contributed by atoms with Crippen LogP contribution in [-0.2, 0) is 4.74 Å². The third-order valence-corrected chi connectivity index (χ3v) is 2.64. The highest BCUT2D eigenvalue weighted by atomic mass is 16.5. The van der Waals surface area contributed by atoms with Gasteiger partial charge < -0.3 is 15.2 Å². The summed E-state index contributed by atoms with van der Waals surface area (Å²) in [6.07, 6.45) is 4.39. The van der Waals surface area contributed by atoms with Crippen LogP contribution in [0.3, 0.4) is 0 Å². The van der Waals surface area contributed by atoms with Crippen LogP contribution in [0.4, 0.5) is 0 Å². The summed E-state index contributed by atoms with van der Waals surface area (Å²) < 4.78 is 10.2. The van der Waals surface area contributed by atoms with Gasteiger partial charge in [0.15, 0.2) is 0 Å². The largest absolute Gasteiger partial charge is 0.494 e. The Morgan fingerprint density at radius 1 is 1.11 bits per heavy atom. The maximum atomic E-state index is 11.2. The van der Waals surface area contributed by atoms with Crippen molar-refractivity contribution in [2.75, 3.05) is 20.3 Å². The molecule has 0 saturated carbocycles. The molecule has 0 heterocycles. The first-order chi connectivity index (χ1) is 8.77. The predicted octanol–water partition coefficient (Wildman–Crippen LogP) is 2.37. The van der Waals surface area contributed by atoms with Crippen molar-refractivity contribution in [1.29, 1.82) is 0 Å². The van der Waals surface area contributed by atoms with E-state index in [2.05, 4.69) is 4.74 Å². The van der Waals surface area contributed by atoms with E-state index >= 15 is 0 Å². The molecule has 4 nitrogen and oxygen atoms in total. The SMILES string of the molecule is COC(=O)c1ccc(OCCCCCCN)cc1. The van der Waals surface area contributed by atoms with Crippen LogP contribution < -0.4 is 10.5 Å². The Morgan fingerprint density at radius 3 is 2.39 bits per heavy atom. The molecular formula is C14H21NO3. The first kappa shape index (κ1) is 14.5. The number of unbranched alkanes of at least 4 members (excludes halogenated alkanes) is 3. The third-order valence-electron chi connectivity index (χ3n) is 2.64. The molecule has 0 radical (unpaired) electrons. The molecule has 0 aromatic heterocycles. The van der Waals surface area contributed by atoms with Gasteiger partial charge in [0.25, 0.3) is 0 Å². The molecule has 0 aliphatic heterocycles. The van der Waals surface area contributed by atoms with Gasteiger partial charge in [-0.3, -0.25) is 0 Å². The van der Waals surface area contributed by atoms with Gasteiger partial charge in [-0.05, 0) is 43.7 Å². The lowest BCUT2D eigenvalue weighted by molar-refractivity contribution is 0.0600. The summed E-state index contributed by atoms with van der Waals surface area (Å²) >= 11 is 0.